The number of furan rings is 1. The highest BCUT2D eigenvalue weighted by Crippen LogP contribution is 2.23. The Hall–Kier alpha value is -2.90. The molecule has 0 unspecified atom stereocenters. The molecule has 1 amide bonds. The van der Waals surface area contributed by atoms with Crippen molar-refractivity contribution in [2.45, 2.75) is 6.04 Å². The lowest BCUT2D eigenvalue weighted by Crippen LogP contribution is -2.51. The van der Waals surface area contributed by atoms with Gasteiger partial charge in [0, 0.05) is 25.4 Å². The zero-order valence-corrected chi connectivity index (χ0v) is 11.0. The Kier molecular flexibility index (Phi) is 2.59. The Morgan fingerprint density at radius 2 is 2.33 bits per heavy atom. The predicted octanol–water partition coefficient (Wildman–Crippen LogP) is 0.958. The van der Waals surface area contributed by atoms with Gasteiger partial charge in [-0.25, -0.2) is 4.68 Å². The maximum Gasteiger partial charge on any atom is 0.274 e. The molecule has 4 rings (SSSR count). The van der Waals surface area contributed by atoms with Gasteiger partial charge in [0.25, 0.3) is 5.91 Å². The standard InChI is InChI=1S/C13H12N6O2/c20-13(18-7-9(8-18)19-4-3-14-17-19)11-6-10(15-16-11)12-2-1-5-21-12/h1-6,9H,7-8H2,(H,15,16). The summed E-state index contributed by atoms with van der Waals surface area (Å²) in [5, 5.41) is 14.6. The first-order valence-corrected chi connectivity index (χ1v) is 6.55. The van der Waals surface area contributed by atoms with Crippen molar-refractivity contribution in [3.05, 3.63) is 42.5 Å². The van der Waals surface area contributed by atoms with Gasteiger partial charge in [0.05, 0.1) is 18.5 Å². The van der Waals surface area contributed by atoms with Gasteiger partial charge >= 0.3 is 0 Å². The van der Waals surface area contributed by atoms with E-state index in [0.29, 0.717) is 30.2 Å². The number of carbonyl (C=O) groups excluding carboxylic acids is 1. The van der Waals surface area contributed by atoms with Gasteiger partial charge in [-0.3, -0.25) is 9.89 Å². The zero-order valence-electron chi connectivity index (χ0n) is 11.0. The van der Waals surface area contributed by atoms with E-state index in [1.165, 1.54) is 0 Å². The van der Waals surface area contributed by atoms with Crippen LogP contribution in [-0.4, -0.2) is 49.1 Å². The first-order valence-electron chi connectivity index (χ1n) is 6.55. The molecule has 0 saturated carbocycles. The maximum atomic E-state index is 12.3. The topological polar surface area (TPSA) is 92.8 Å². The van der Waals surface area contributed by atoms with E-state index in [1.807, 2.05) is 6.07 Å². The van der Waals surface area contributed by atoms with Gasteiger partial charge in [0.15, 0.2) is 11.5 Å². The molecule has 1 fully saturated rings. The average Bonchev–Trinajstić information content (AvgIpc) is 3.18. The predicted molar refractivity (Wildman–Crippen MR) is 71.3 cm³/mol. The Morgan fingerprint density at radius 3 is 3.05 bits per heavy atom. The van der Waals surface area contributed by atoms with Crippen molar-refractivity contribution in [3.63, 3.8) is 0 Å². The number of likely N-dealkylation sites (tertiary alicyclic amines) is 1. The molecule has 0 bridgehead atoms. The average molecular weight is 284 g/mol. The molecule has 8 heteroatoms. The van der Waals surface area contributed by atoms with Gasteiger partial charge in [0.1, 0.15) is 5.69 Å². The number of rotatable bonds is 3. The highest BCUT2D eigenvalue weighted by molar-refractivity contribution is 5.93. The minimum Gasteiger partial charge on any atom is -0.463 e. The first-order chi connectivity index (χ1) is 10.3. The van der Waals surface area contributed by atoms with Crippen LogP contribution < -0.4 is 0 Å². The summed E-state index contributed by atoms with van der Waals surface area (Å²) >= 11 is 0. The molecule has 106 valence electrons. The number of hydrogen-bond acceptors (Lipinski definition) is 5. The van der Waals surface area contributed by atoms with Crippen molar-refractivity contribution in [2.24, 2.45) is 0 Å². The van der Waals surface area contributed by atoms with E-state index in [2.05, 4.69) is 20.5 Å². The van der Waals surface area contributed by atoms with E-state index >= 15 is 0 Å². The van der Waals surface area contributed by atoms with Crippen LogP contribution in [0, 0.1) is 0 Å². The lowest BCUT2D eigenvalue weighted by atomic mass is 10.1. The molecule has 3 aromatic rings. The van der Waals surface area contributed by atoms with E-state index < -0.39 is 0 Å². The van der Waals surface area contributed by atoms with Crippen LogP contribution in [-0.2, 0) is 0 Å². The third-order valence-electron chi connectivity index (χ3n) is 3.55. The number of nitrogens with one attached hydrogen (secondary N) is 1. The Labute approximate surface area is 119 Å². The SMILES string of the molecule is O=C(c1cc(-c2ccco2)[nH]n1)N1CC(n2ccnn2)C1. The van der Waals surface area contributed by atoms with Gasteiger partial charge < -0.3 is 9.32 Å². The van der Waals surface area contributed by atoms with Crippen molar-refractivity contribution in [1.82, 2.24) is 30.1 Å². The summed E-state index contributed by atoms with van der Waals surface area (Å²) in [5.41, 5.74) is 1.08. The monoisotopic (exact) mass is 284 g/mol. The molecular weight excluding hydrogens is 272 g/mol. The molecule has 0 spiro atoms. The lowest BCUT2D eigenvalue weighted by Gasteiger charge is -2.38. The van der Waals surface area contributed by atoms with Crippen molar-refractivity contribution in [1.29, 1.82) is 0 Å². The summed E-state index contributed by atoms with van der Waals surface area (Å²) in [6.45, 7) is 1.23. The van der Waals surface area contributed by atoms with E-state index in [9.17, 15) is 4.79 Å². The quantitative estimate of drug-likeness (QED) is 0.773. The molecule has 0 radical (unpaired) electrons. The zero-order chi connectivity index (χ0) is 14.2. The molecule has 0 aliphatic carbocycles. The van der Waals surface area contributed by atoms with Crippen LogP contribution in [0.4, 0.5) is 0 Å². The number of amides is 1. The number of hydrogen-bond donors (Lipinski definition) is 1. The summed E-state index contributed by atoms with van der Waals surface area (Å²) in [4.78, 5) is 14.0. The summed E-state index contributed by atoms with van der Waals surface area (Å²) in [6.07, 6.45) is 5.01. The first kappa shape index (κ1) is 11.9. The normalized spacial score (nSPS) is 15.1. The summed E-state index contributed by atoms with van der Waals surface area (Å²) in [5.74, 6) is 0.561. The number of H-pyrrole nitrogens is 1. The molecule has 1 N–H and O–H groups in total. The summed E-state index contributed by atoms with van der Waals surface area (Å²) in [6, 6.07) is 5.49. The highest BCUT2D eigenvalue weighted by Gasteiger charge is 2.34. The van der Waals surface area contributed by atoms with Gasteiger partial charge in [-0.15, -0.1) is 5.10 Å². The molecular formula is C13H12N6O2. The van der Waals surface area contributed by atoms with Crippen molar-refractivity contribution < 1.29 is 9.21 Å². The van der Waals surface area contributed by atoms with Crippen LogP contribution in [0.1, 0.15) is 16.5 Å². The fourth-order valence-corrected chi connectivity index (χ4v) is 2.35. The second kappa shape index (κ2) is 4.58. The Balaban J connectivity index is 1.45. The molecule has 4 heterocycles. The molecule has 3 aromatic heterocycles. The van der Waals surface area contributed by atoms with E-state index in [0.717, 1.165) is 0 Å². The minimum absolute atomic E-state index is 0.0968. The van der Waals surface area contributed by atoms with Crippen LogP contribution in [0.15, 0.2) is 41.3 Å². The molecule has 1 saturated heterocycles. The smallest absolute Gasteiger partial charge is 0.274 e. The lowest BCUT2D eigenvalue weighted by molar-refractivity contribution is 0.0492. The van der Waals surface area contributed by atoms with Gasteiger partial charge in [-0.2, -0.15) is 5.10 Å². The number of aromatic amines is 1. The molecule has 1 aliphatic heterocycles. The largest absolute Gasteiger partial charge is 0.463 e. The maximum absolute atomic E-state index is 12.3. The van der Waals surface area contributed by atoms with Crippen LogP contribution in [0.5, 0.6) is 0 Å². The number of carbonyl (C=O) groups is 1. The molecule has 0 aromatic carbocycles. The Morgan fingerprint density at radius 1 is 1.43 bits per heavy atom. The van der Waals surface area contributed by atoms with E-state index in [-0.39, 0.29) is 11.9 Å². The van der Waals surface area contributed by atoms with Crippen LogP contribution in [0.25, 0.3) is 11.5 Å². The number of nitrogens with zero attached hydrogens (tertiary/aromatic N) is 5. The Bertz CT molecular complexity index is 740. The highest BCUT2D eigenvalue weighted by atomic mass is 16.3. The second-order valence-electron chi connectivity index (χ2n) is 4.89. The fourth-order valence-electron chi connectivity index (χ4n) is 2.35. The summed E-state index contributed by atoms with van der Waals surface area (Å²) < 4.78 is 7.03. The molecule has 0 atom stereocenters. The third kappa shape index (κ3) is 2.00. The van der Waals surface area contributed by atoms with Crippen molar-refractivity contribution >= 4 is 5.91 Å². The minimum atomic E-state index is -0.0968. The van der Waals surface area contributed by atoms with Crippen LogP contribution in [0.3, 0.4) is 0 Å². The van der Waals surface area contributed by atoms with E-state index in [4.69, 9.17) is 4.42 Å². The van der Waals surface area contributed by atoms with Gasteiger partial charge in [-0.1, -0.05) is 5.21 Å². The number of aromatic nitrogens is 5. The van der Waals surface area contributed by atoms with Gasteiger partial charge in [0.2, 0.25) is 0 Å². The molecule has 1 aliphatic rings. The van der Waals surface area contributed by atoms with Crippen LogP contribution in [0.2, 0.25) is 0 Å². The van der Waals surface area contributed by atoms with Crippen molar-refractivity contribution in [3.8, 4) is 11.5 Å². The second-order valence-corrected chi connectivity index (χ2v) is 4.89. The van der Waals surface area contributed by atoms with E-state index in [1.54, 1.807) is 40.4 Å². The summed E-state index contributed by atoms with van der Waals surface area (Å²) in [7, 11) is 0. The fraction of sp³-hybridized carbons (Fsp3) is 0.231. The van der Waals surface area contributed by atoms with Crippen molar-refractivity contribution in [2.75, 3.05) is 13.1 Å². The molecule has 21 heavy (non-hydrogen) atoms. The third-order valence-corrected chi connectivity index (χ3v) is 3.55. The van der Waals surface area contributed by atoms with Crippen LogP contribution >= 0.6 is 0 Å². The van der Waals surface area contributed by atoms with Gasteiger partial charge in [-0.05, 0) is 12.1 Å². The molecule has 8 nitrogen and oxygen atoms in total.